The van der Waals surface area contributed by atoms with E-state index in [1.165, 1.54) is 6.07 Å². The summed E-state index contributed by atoms with van der Waals surface area (Å²) in [6.07, 6.45) is 8.58. The molecule has 6 nitrogen and oxygen atoms in total. The maximum absolute atomic E-state index is 15.2. The van der Waals surface area contributed by atoms with Crippen LogP contribution in [0.4, 0.5) is 4.39 Å². The molecule has 38 heavy (non-hydrogen) atoms. The molecule has 0 aliphatic heterocycles. The summed E-state index contributed by atoms with van der Waals surface area (Å²) in [6.45, 7) is 4.08. The SMILES string of the molecule is CCC[C@H]1C(=O)C(C(N)=O)=C[C@@]2(C)c3nc(-c4ccnc(C5CC5)c4)nc(-c4ccccc4F)c3CC[C@H]12. The van der Waals surface area contributed by atoms with Gasteiger partial charge in [0.2, 0.25) is 0 Å². The van der Waals surface area contributed by atoms with Crippen molar-refractivity contribution in [2.45, 2.75) is 63.7 Å². The van der Waals surface area contributed by atoms with Crippen LogP contribution < -0.4 is 5.73 Å². The van der Waals surface area contributed by atoms with Crippen molar-refractivity contribution in [1.29, 1.82) is 0 Å². The highest BCUT2D eigenvalue weighted by molar-refractivity contribution is 6.20. The second-order valence-electron chi connectivity index (χ2n) is 11.1. The predicted molar refractivity (Wildman–Crippen MR) is 142 cm³/mol. The van der Waals surface area contributed by atoms with Gasteiger partial charge in [-0.25, -0.2) is 14.4 Å². The third-order valence-electron chi connectivity index (χ3n) is 8.55. The maximum atomic E-state index is 15.2. The second kappa shape index (κ2) is 9.22. The average Bonchev–Trinajstić information content (AvgIpc) is 3.76. The van der Waals surface area contributed by atoms with Gasteiger partial charge in [-0.2, -0.15) is 0 Å². The summed E-state index contributed by atoms with van der Waals surface area (Å²) >= 11 is 0. The van der Waals surface area contributed by atoms with Crippen LogP contribution in [0.3, 0.4) is 0 Å². The summed E-state index contributed by atoms with van der Waals surface area (Å²) in [7, 11) is 0. The zero-order valence-electron chi connectivity index (χ0n) is 21.7. The number of nitrogens with zero attached hydrogens (tertiary/aromatic N) is 3. The molecular weight excluding hydrogens is 479 g/mol. The first kappa shape index (κ1) is 24.6. The van der Waals surface area contributed by atoms with E-state index >= 15 is 4.39 Å². The van der Waals surface area contributed by atoms with E-state index in [0.29, 0.717) is 42.3 Å². The first-order valence-electron chi connectivity index (χ1n) is 13.5. The van der Waals surface area contributed by atoms with Gasteiger partial charge in [-0.05, 0) is 62.3 Å². The summed E-state index contributed by atoms with van der Waals surface area (Å²) in [5.74, 6) is -0.639. The Hall–Kier alpha value is -3.74. The minimum Gasteiger partial charge on any atom is -0.365 e. The lowest BCUT2D eigenvalue weighted by Crippen LogP contribution is -2.48. The zero-order valence-corrected chi connectivity index (χ0v) is 21.7. The monoisotopic (exact) mass is 510 g/mol. The molecule has 1 fully saturated rings. The third kappa shape index (κ3) is 3.96. The Morgan fingerprint density at radius 1 is 1.16 bits per heavy atom. The van der Waals surface area contributed by atoms with Crippen molar-refractivity contribution in [2.75, 3.05) is 0 Å². The van der Waals surface area contributed by atoms with Crippen molar-refractivity contribution < 1.29 is 14.0 Å². The average molecular weight is 511 g/mol. The molecule has 0 unspecified atom stereocenters. The molecule has 1 amide bonds. The van der Waals surface area contributed by atoms with Crippen LogP contribution in [0, 0.1) is 17.7 Å². The van der Waals surface area contributed by atoms with Gasteiger partial charge in [0.15, 0.2) is 11.6 Å². The summed E-state index contributed by atoms with van der Waals surface area (Å²) in [6, 6.07) is 10.6. The van der Waals surface area contributed by atoms with Crippen molar-refractivity contribution in [2.24, 2.45) is 17.6 Å². The first-order chi connectivity index (χ1) is 18.3. The molecule has 0 radical (unpaired) electrons. The van der Waals surface area contributed by atoms with Gasteiger partial charge < -0.3 is 5.73 Å². The van der Waals surface area contributed by atoms with E-state index in [0.717, 1.165) is 41.8 Å². The fourth-order valence-electron chi connectivity index (χ4n) is 6.52. The molecule has 0 spiro atoms. The van der Waals surface area contributed by atoms with Gasteiger partial charge in [-0.15, -0.1) is 0 Å². The topological polar surface area (TPSA) is 98.8 Å². The van der Waals surface area contributed by atoms with Crippen molar-refractivity contribution >= 4 is 11.7 Å². The van der Waals surface area contributed by atoms with Crippen molar-refractivity contribution in [3.63, 3.8) is 0 Å². The highest BCUT2D eigenvalue weighted by Crippen LogP contribution is 2.52. The fraction of sp³-hybridized carbons (Fsp3) is 0.387. The summed E-state index contributed by atoms with van der Waals surface area (Å²) < 4.78 is 15.2. The van der Waals surface area contributed by atoms with Crippen LogP contribution in [0.2, 0.25) is 0 Å². The number of primary amides is 1. The van der Waals surface area contributed by atoms with E-state index in [1.54, 1.807) is 30.5 Å². The first-order valence-corrected chi connectivity index (χ1v) is 13.5. The minimum atomic E-state index is -0.726. The molecule has 6 rings (SSSR count). The number of ketones is 1. The van der Waals surface area contributed by atoms with Crippen LogP contribution in [-0.4, -0.2) is 26.6 Å². The molecule has 3 aliphatic rings. The number of fused-ring (bicyclic) bond motifs is 3. The number of hydrogen-bond donors (Lipinski definition) is 1. The van der Waals surface area contributed by atoms with Gasteiger partial charge in [-0.3, -0.25) is 14.6 Å². The lowest BCUT2D eigenvalue weighted by atomic mass is 9.56. The number of amides is 1. The van der Waals surface area contributed by atoms with E-state index in [9.17, 15) is 9.59 Å². The Morgan fingerprint density at radius 3 is 2.66 bits per heavy atom. The van der Waals surface area contributed by atoms with E-state index in [1.807, 2.05) is 26.0 Å². The Bertz CT molecular complexity index is 1490. The second-order valence-corrected chi connectivity index (χ2v) is 11.1. The zero-order chi connectivity index (χ0) is 26.6. The summed E-state index contributed by atoms with van der Waals surface area (Å²) in [5.41, 5.74) is 9.45. The van der Waals surface area contributed by atoms with Crippen LogP contribution in [-0.2, 0) is 21.4 Å². The van der Waals surface area contributed by atoms with Crippen LogP contribution >= 0.6 is 0 Å². The molecule has 7 heteroatoms. The highest BCUT2D eigenvalue weighted by atomic mass is 19.1. The molecular formula is C31H31FN4O2. The molecule has 0 saturated heterocycles. The number of Topliss-reactive ketones (excluding diaryl/α,β-unsaturated/α-hetero) is 1. The standard InChI is InChI=1S/C31H31FN4O2/c1-3-6-19-23-12-11-21-26(20-7-4-5-8-24(20)32)35-30(18-13-14-34-25(15-18)17-9-10-17)36-28(21)31(23,2)16-22(27(19)37)29(33)38/h4-5,7-8,13-17,19,23H,3,6,9-12H2,1-2H3,(H2,33,38)/t19-,23-,31-/m1/s1. The number of pyridine rings is 1. The van der Waals surface area contributed by atoms with Gasteiger partial charge in [0.25, 0.3) is 5.91 Å². The van der Waals surface area contributed by atoms with E-state index in [2.05, 4.69) is 4.98 Å². The van der Waals surface area contributed by atoms with Gasteiger partial charge >= 0.3 is 0 Å². The normalized spacial score (nSPS) is 24.4. The summed E-state index contributed by atoms with van der Waals surface area (Å²) in [5, 5.41) is 0. The Morgan fingerprint density at radius 2 is 1.95 bits per heavy atom. The fourth-order valence-corrected chi connectivity index (χ4v) is 6.52. The maximum Gasteiger partial charge on any atom is 0.252 e. The van der Waals surface area contributed by atoms with Crippen molar-refractivity contribution in [3.05, 3.63) is 77.0 Å². The highest BCUT2D eigenvalue weighted by Gasteiger charge is 2.51. The number of benzene rings is 1. The number of carbonyl (C=O) groups is 2. The van der Waals surface area contributed by atoms with E-state index in [4.69, 9.17) is 15.7 Å². The van der Waals surface area contributed by atoms with Gasteiger partial charge in [0.1, 0.15) is 5.82 Å². The Kier molecular flexibility index (Phi) is 5.97. The lowest BCUT2D eigenvalue weighted by Gasteiger charge is -2.47. The van der Waals surface area contributed by atoms with Crippen LogP contribution in [0.5, 0.6) is 0 Å². The van der Waals surface area contributed by atoms with Crippen molar-refractivity contribution in [1.82, 2.24) is 15.0 Å². The minimum absolute atomic E-state index is 0.0405. The number of carbonyl (C=O) groups excluding carboxylic acids is 2. The van der Waals surface area contributed by atoms with Crippen LogP contribution in [0.15, 0.2) is 54.2 Å². The number of rotatable bonds is 6. The molecule has 3 aromatic rings. The van der Waals surface area contributed by atoms with Gasteiger partial charge in [0.05, 0.1) is 17.0 Å². The smallest absolute Gasteiger partial charge is 0.252 e. The predicted octanol–water partition coefficient (Wildman–Crippen LogP) is 5.45. The van der Waals surface area contributed by atoms with E-state index in [-0.39, 0.29) is 29.0 Å². The molecule has 0 bridgehead atoms. The molecule has 3 aliphatic carbocycles. The number of allylic oxidation sites excluding steroid dienone is 1. The summed E-state index contributed by atoms with van der Waals surface area (Å²) in [4.78, 5) is 40.4. The third-order valence-corrected chi connectivity index (χ3v) is 8.55. The molecule has 1 aromatic carbocycles. The largest absolute Gasteiger partial charge is 0.365 e. The van der Waals surface area contributed by atoms with Gasteiger partial charge in [-0.1, -0.05) is 38.5 Å². The molecule has 194 valence electrons. The molecule has 2 heterocycles. The molecule has 1 saturated carbocycles. The number of halogens is 1. The molecule has 2 aromatic heterocycles. The Labute approximate surface area is 221 Å². The van der Waals surface area contributed by atoms with E-state index < -0.39 is 11.3 Å². The number of aromatic nitrogens is 3. The van der Waals surface area contributed by atoms with Crippen LogP contribution in [0.25, 0.3) is 22.6 Å². The number of nitrogens with two attached hydrogens (primary N) is 1. The molecule has 3 atom stereocenters. The van der Waals surface area contributed by atoms with Gasteiger partial charge in [0, 0.05) is 45.8 Å². The van der Waals surface area contributed by atoms with Crippen molar-refractivity contribution in [3.8, 4) is 22.6 Å². The quantitative estimate of drug-likeness (QED) is 0.445. The number of hydrogen-bond acceptors (Lipinski definition) is 5. The van der Waals surface area contributed by atoms with Crippen LogP contribution in [0.1, 0.15) is 68.8 Å². The Balaban J connectivity index is 1.62. The lowest BCUT2D eigenvalue weighted by molar-refractivity contribution is -0.126. The molecule has 2 N–H and O–H groups in total.